The molecule has 0 heteroatoms. The van der Waals surface area contributed by atoms with Crippen LogP contribution < -0.4 is 0 Å². The van der Waals surface area contributed by atoms with Gasteiger partial charge in [0, 0.05) is 0 Å². The smallest absolute Gasteiger partial charge is 0.0357 e. The highest BCUT2D eigenvalue weighted by Gasteiger charge is 2.41. The zero-order valence-corrected chi connectivity index (χ0v) is 7.97. The molecule has 68 valence electrons. The second kappa shape index (κ2) is 2.75. The maximum atomic E-state index is 1.61. The summed E-state index contributed by atoms with van der Waals surface area (Å²) in [5.74, 6) is 4.68. The molecular weight excluding hydrogens is 144 g/mol. The number of rotatable bonds is 0. The van der Waals surface area contributed by atoms with Crippen LogP contribution in [0.5, 0.6) is 0 Å². The summed E-state index contributed by atoms with van der Waals surface area (Å²) in [7, 11) is 0. The molecule has 12 heavy (non-hydrogen) atoms. The lowest BCUT2D eigenvalue weighted by atomic mass is 9.63. The largest absolute Gasteiger partial charge is 0.0528 e. The maximum Gasteiger partial charge on any atom is -0.0357 e. The molecular formula is C12H20. The Kier molecular flexibility index (Phi) is 1.70. The third kappa shape index (κ3) is 1.03. The first-order valence-electron chi connectivity index (χ1n) is 5.93. The monoisotopic (exact) mass is 164 g/mol. The van der Waals surface area contributed by atoms with Crippen molar-refractivity contribution in [2.24, 2.45) is 23.7 Å². The van der Waals surface area contributed by atoms with E-state index >= 15 is 0 Å². The van der Waals surface area contributed by atoms with Crippen LogP contribution >= 0.6 is 0 Å². The van der Waals surface area contributed by atoms with Crippen LogP contribution in [0.4, 0.5) is 0 Å². The molecule has 3 aliphatic carbocycles. The van der Waals surface area contributed by atoms with Crippen molar-refractivity contribution in [3.8, 4) is 0 Å². The minimum atomic E-state index is 1.16. The van der Waals surface area contributed by atoms with Crippen molar-refractivity contribution in [3.05, 3.63) is 0 Å². The summed E-state index contributed by atoms with van der Waals surface area (Å²) in [6.45, 7) is 0. The Hall–Kier alpha value is 0. The van der Waals surface area contributed by atoms with Gasteiger partial charge in [-0.1, -0.05) is 32.1 Å². The number of fused-ring (bicyclic) bond motifs is 4. The van der Waals surface area contributed by atoms with E-state index in [4.69, 9.17) is 0 Å². The van der Waals surface area contributed by atoms with Crippen LogP contribution in [-0.2, 0) is 0 Å². The van der Waals surface area contributed by atoms with Crippen molar-refractivity contribution in [2.75, 3.05) is 0 Å². The molecule has 0 N–H and O–H groups in total. The van der Waals surface area contributed by atoms with E-state index in [0.29, 0.717) is 0 Å². The zero-order chi connectivity index (χ0) is 7.97. The average molecular weight is 164 g/mol. The Labute approximate surface area is 75.7 Å². The first-order valence-corrected chi connectivity index (χ1v) is 5.93. The number of hydrogen-bond donors (Lipinski definition) is 0. The topological polar surface area (TPSA) is 0 Å². The Morgan fingerprint density at radius 3 is 2.08 bits per heavy atom. The molecule has 2 bridgehead atoms. The van der Waals surface area contributed by atoms with Crippen LogP contribution in [-0.4, -0.2) is 0 Å². The van der Waals surface area contributed by atoms with Crippen molar-refractivity contribution >= 4 is 0 Å². The highest BCUT2D eigenvalue weighted by Crippen LogP contribution is 2.52. The van der Waals surface area contributed by atoms with Crippen LogP contribution in [0, 0.1) is 23.7 Å². The van der Waals surface area contributed by atoms with Gasteiger partial charge in [0.2, 0.25) is 0 Å². The lowest BCUT2D eigenvalue weighted by molar-refractivity contribution is 0.0829. The van der Waals surface area contributed by atoms with Crippen LogP contribution in [0.3, 0.4) is 0 Å². The summed E-state index contributed by atoms with van der Waals surface area (Å²) in [5.41, 5.74) is 0. The average Bonchev–Trinajstić information content (AvgIpc) is 2.53. The van der Waals surface area contributed by atoms with Crippen molar-refractivity contribution in [1.29, 1.82) is 0 Å². The van der Waals surface area contributed by atoms with Crippen molar-refractivity contribution in [3.63, 3.8) is 0 Å². The van der Waals surface area contributed by atoms with E-state index in [0.717, 1.165) is 5.92 Å². The van der Waals surface area contributed by atoms with Crippen molar-refractivity contribution in [2.45, 2.75) is 51.4 Å². The predicted molar refractivity (Wildman–Crippen MR) is 50.9 cm³/mol. The van der Waals surface area contributed by atoms with Crippen molar-refractivity contribution in [1.82, 2.24) is 0 Å². The molecule has 0 aromatic rings. The first-order chi connectivity index (χ1) is 5.93. The van der Waals surface area contributed by atoms with Gasteiger partial charge in [-0.3, -0.25) is 0 Å². The van der Waals surface area contributed by atoms with E-state index in [2.05, 4.69) is 0 Å². The van der Waals surface area contributed by atoms with Crippen LogP contribution in [0.1, 0.15) is 51.4 Å². The first kappa shape index (κ1) is 7.41. The minimum Gasteiger partial charge on any atom is -0.0528 e. The molecule has 4 atom stereocenters. The molecule has 3 aliphatic rings. The minimum absolute atomic E-state index is 1.16. The van der Waals surface area contributed by atoms with E-state index in [-0.39, 0.29) is 0 Å². The van der Waals surface area contributed by atoms with Crippen LogP contribution in [0.2, 0.25) is 0 Å². The summed E-state index contributed by atoms with van der Waals surface area (Å²) in [5, 5.41) is 0. The van der Waals surface area contributed by atoms with Crippen LogP contribution in [0.15, 0.2) is 0 Å². The molecule has 4 unspecified atom stereocenters. The third-order valence-corrected chi connectivity index (χ3v) is 4.78. The summed E-state index contributed by atoms with van der Waals surface area (Å²) in [6.07, 6.45) is 12.6. The molecule has 0 aromatic carbocycles. The molecule has 0 aromatic heterocycles. The highest BCUT2D eigenvalue weighted by atomic mass is 14.5. The second-order valence-corrected chi connectivity index (χ2v) is 5.38. The second-order valence-electron chi connectivity index (χ2n) is 5.38. The highest BCUT2D eigenvalue weighted by molar-refractivity contribution is 4.92. The Morgan fingerprint density at radius 2 is 1.33 bits per heavy atom. The third-order valence-electron chi connectivity index (χ3n) is 4.78. The fourth-order valence-electron chi connectivity index (χ4n) is 4.34. The van der Waals surface area contributed by atoms with Crippen molar-refractivity contribution < 1.29 is 0 Å². The van der Waals surface area contributed by atoms with E-state index in [1.54, 1.807) is 51.4 Å². The van der Waals surface area contributed by atoms with E-state index in [9.17, 15) is 0 Å². The fourth-order valence-corrected chi connectivity index (χ4v) is 4.34. The molecule has 0 heterocycles. The Balaban J connectivity index is 1.81. The van der Waals surface area contributed by atoms with Gasteiger partial charge in [0.05, 0.1) is 0 Å². The molecule has 3 saturated carbocycles. The van der Waals surface area contributed by atoms with Gasteiger partial charge in [0.25, 0.3) is 0 Å². The van der Waals surface area contributed by atoms with E-state index < -0.39 is 0 Å². The van der Waals surface area contributed by atoms with Gasteiger partial charge < -0.3 is 0 Å². The number of hydrogen-bond acceptors (Lipinski definition) is 0. The van der Waals surface area contributed by atoms with Gasteiger partial charge in [-0.25, -0.2) is 0 Å². The summed E-state index contributed by atoms with van der Waals surface area (Å²) in [4.78, 5) is 0. The summed E-state index contributed by atoms with van der Waals surface area (Å²) < 4.78 is 0. The van der Waals surface area contributed by atoms with E-state index in [1.807, 2.05) is 0 Å². The molecule has 0 spiro atoms. The lowest BCUT2D eigenvalue weighted by Gasteiger charge is -2.42. The van der Waals surface area contributed by atoms with Gasteiger partial charge in [0.15, 0.2) is 0 Å². The summed E-state index contributed by atoms with van der Waals surface area (Å²) in [6, 6.07) is 0. The van der Waals surface area contributed by atoms with Gasteiger partial charge in [-0.15, -0.1) is 0 Å². The lowest BCUT2D eigenvalue weighted by Crippen LogP contribution is -2.32. The standard InChI is InChI=1S/C12H20/c1-3-9-7-10(4-1)12-6-2-5-11(12)8-9/h9-12H,1-8H2. The Bertz CT molecular complexity index is 173. The zero-order valence-electron chi connectivity index (χ0n) is 7.97. The molecule has 0 nitrogen and oxygen atoms in total. The maximum absolute atomic E-state index is 1.61. The molecule has 0 saturated heterocycles. The quantitative estimate of drug-likeness (QED) is 0.513. The molecule has 0 amide bonds. The summed E-state index contributed by atoms with van der Waals surface area (Å²) >= 11 is 0. The fraction of sp³-hybridized carbons (Fsp3) is 1.00. The SMILES string of the molecule is C1CC2CC(C1)C1CCCC1C2. The van der Waals surface area contributed by atoms with Crippen LogP contribution in [0.25, 0.3) is 0 Å². The predicted octanol–water partition coefficient (Wildman–Crippen LogP) is 3.61. The molecule has 3 rings (SSSR count). The van der Waals surface area contributed by atoms with Gasteiger partial charge >= 0.3 is 0 Å². The molecule has 3 fully saturated rings. The normalized spacial score (nSPS) is 52.0. The van der Waals surface area contributed by atoms with Gasteiger partial charge in [-0.2, -0.15) is 0 Å². The van der Waals surface area contributed by atoms with E-state index in [1.165, 1.54) is 17.8 Å². The van der Waals surface area contributed by atoms with Gasteiger partial charge in [-0.05, 0) is 42.9 Å². The molecule has 0 radical (unpaired) electrons. The molecule has 0 aliphatic heterocycles. The van der Waals surface area contributed by atoms with Gasteiger partial charge in [0.1, 0.15) is 0 Å². The Morgan fingerprint density at radius 1 is 0.667 bits per heavy atom.